The largest absolute Gasteiger partial charge is 0.478 e. The van der Waals surface area contributed by atoms with Gasteiger partial charge in [-0.15, -0.1) is 0 Å². The molecule has 7 nitrogen and oxygen atoms in total. The van der Waals surface area contributed by atoms with E-state index in [4.69, 9.17) is 16.7 Å². The van der Waals surface area contributed by atoms with Gasteiger partial charge in [-0.05, 0) is 25.1 Å². The minimum absolute atomic E-state index is 0.108. The summed E-state index contributed by atoms with van der Waals surface area (Å²) in [6.07, 6.45) is -0.136. The van der Waals surface area contributed by atoms with Crippen molar-refractivity contribution in [3.8, 4) is 0 Å². The zero-order valence-electron chi connectivity index (χ0n) is 11.1. The fourth-order valence-corrected chi connectivity index (χ4v) is 3.00. The lowest BCUT2D eigenvalue weighted by molar-refractivity contribution is -0.142. The van der Waals surface area contributed by atoms with Gasteiger partial charge in [0.2, 0.25) is 10.0 Å². The number of halogens is 1. The van der Waals surface area contributed by atoms with Gasteiger partial charge in [-0.25, -0.2) is 17.9 Å². The molecule has 0 bridgehead atoms. The van der Waals surface area contributed by atoms with Crippen molar-refractivity contribution in [3.05, 3.63) is 28.8 Å². The molecule has 1 rings (SSSR count). The van der Waals surface area contributed by atoms with E-state index in [0.717, 1.165) is 6.07 Å². The molecular formula is C12H14ClNO6S. The predicted molar refractivity (Wildman–Crippen MR) is 74.8 cm³/mol. The molecule has 0 aromatic heterocycles. The first-order valence-electron chi connectivity index (χ1n) is 5.96. The number of nitrogens with one attached hydrogen (secondary N) is 1. The van der Waals surface area contributed by atoms with Crippen LogP contribution in [-0.4, -0.2) is 38.6 Å². The number of carbonyl (C=O) groups excluding carboxylic acids is 1. The number of carboxylic acids is 1. The molecule has 116 valence electrons. The maximum absolute atomic E-state index is 12.0. The van der Waals surface area contributed by atoms with Gasteiger partial charge in [0.15, 0.2) is 0 Å². The summed E-state index contributed by atoms with van der Waals surface area (Å²) in [5, 5.41) is 8.75. The lowest BCUT2D eigenvalue weighted by atomic mass is 10.2. The molecule has 0 saturated heterocycles. The van der Waals surface area contributed by atoms with E-state index in [1.54, 1.807) is 6.92 Å². The van der Waals surface area contributed by atoms with Crippen molar-refractivity contribution in [2.24, 2.45) is 0 Å². The van der Waals surface area contributed by atoms with E-state index in [2.05, 4.69) is 9.46 Å². The number of hydrogen-bond donors (Lipinski definition) is 2. The van der Waals surface area contributed by atoms with Crippen LogP contribution in [0.2, 0.25) is 5.02 Å². The van der Waals surface area contributed by atoms with Crippen molar-refractivity contribution in [1.29, 1.82) is 0 Å². The van der Waals surface area contributed by atoms with Crippen molar-refractivity contribution in [2.75, 3.05) is 13.2 Å². The number of benzene rings is 1. The Morgan fingerprint density at radius 1 is 1.38 bits per heavy atom. The lowest BCUT2D eigenvalue weighted by Gasteiger charge is -2.09. The van der Waals surface area contributed by atoms with Crippen LogP contribution in [0, 0.1) is 0 Å². The van der Waals surface area contributed by atoms with Crippen LogP contribution in [0.1, 0.15) is 23.7 Å². The molecule has 0 unspecified atom stereocenters. The number of hydrogen-bond acceptors (Lipinski definition) is 5. The average Bonchev–Trinajstić information content (AvgIpc) is 2.38. The minimum Gasteiger partial charge on any atom is -0.478 e. The minimum atomic E-state index is -4.01. The van der Waals surface area contributed by atoms with Gasteiger partial charge in [-0.3, -0.25) is 4.79 Å². The summed E-state index contributed by atoms with van der Waals surface area (Å²) in [5.41, 5.74) is -0.204. The lowest BCUT2D eigenvalue weighted by Crippen LogP contribution is -2.27. The van der Waals surface area contributed by atoms with Gasteiger partial charge in [-0.1, -0.05) is 11.6 Å². The van der Waals surface area contributed by atoms with Gasteiger partial charge >= 0.3 is 11.9 Å². The normalized spacial score (nSPS) is 11.1. The van der Waals surface area contributed by atoms with Crippen LogP contribution in [0.15, 0.2) is 23.1 Å². The summed E-state index contributed by atoms with van der Waals surface area (Å²) < 4.78 is 30.9. The van der Waals surface area contributed by atoms with Gasteiger partial charge in [0.05, 0.1) is 23.6 Å². The SMILES string of the molecule is CCOC(=O)CCNS(=O)(=O)c1cc(C(=O)O)ccc1Cl. The molecule has 9 heteroatoms. The summed E-state index contributed by atoms with van der Waals surface area (Å²) in [7, 11) is -4.01. The number of rotatable bonds is 7. The number of aromatic carboxylic acids is 1. The fraction of sp³-hybridized carbons (Fsp3) is 0.333. The summed E-state index contributed by atoms with van der Waals surface area (Å²) >= 11 is 5.77. The van der Waals surface area contributed by atoms with Crippen LogP contribution in [0.4, 0.5) is 0 Å². The maximum Gasteiger partial charge on any atom is 0.335 e. The predicted octanol–water partition coefficient (Wildman–Crippen LogP) is 1.27. The highest BCUT2D eigenvalue weighted by atomic mass is 35.5. The van der Waals surface area contributed by atoms with E-state index in [1.807, 2.05) is 0 Å². The number of carbonyl (C=O) groups is 2. The first-order valence-corrected chi connectivity index (χ1v) is 7.82. The van der Waals surface area contributed by atoms with E-state index in [9.17, 15) is 18.0 Å². The highest BCUT2D eigenvalue weighted by Crippen LogP contribution is 2.22. The molecule has 1 aromatic carbocycles. The van der Waals surface area contributed by atoms with E-state index in [-0.39, 0.29) is 35.1 Å². The second kappa shape index (κ2) is 7.39. The molecule has 0 spiro atoms. The average molecular weight is 336 g/mol. The highest BCUT2D eigenvalue weighted by molar-refractivity contribution is 7.89. The van der Waals surface area contributed by atoms with Crippen molar-refractivity contribution >= 4 is 33.6 Å². The quantitative estimate of drug-likeness (QED) is 0.726. The van der Waals surface area contributed by atoms with E-state index < -0.39 is 22.0 Å². The molecule has 1 aromatic rings. The molecule has 0 aliphatic carbocycles. The Kier molecular flexibility index (Phi) is 6.13. The Hall–Kier alpha value is -1.64. The Labute approximate surface area is 126 Å². The molecule has 0 fully saturated rings. The van der Waals surface area contributed by atoms with E-state index in [0.29, 0.717) is 0 Å². The molecule has 0 aliphatic heterocycles. The van der Waals surface area contributed by atoms with Crippen LogP contribution in [0.5, 0.6) is 0 Å². The van der Waals surface area contributed by atoms with Gasteiger partial charge in [0, 0.05) is 6.54 Å². The molecule has 0 amide bonds. The standard InChI is InChI=1S/C12H14ClNO6S/c1-2-20-11(15)5-6-14-21(18,19)10-7-8(12(16)17)3-4-9(10)13/h3-4,7,14H,2,5-6H2,1H3,(H,16,17). The third-order valence-corrected chi connectivity index (χ3v) is 4.34. The molecule has 21 heavy (non-hydrogen) atoms. The molecule has 2 N–H and O–H groups in total. The summed E-state index contributed by atoms with van der Waals surface area (Å²) in [4.78, 5) is 21.6. The monoisotopic (exact) mass is 335 g/mol. The maximum atomic E-state index is 12.0. The Bertz CT molecular complexity index is 643. The zero-order chi connectivity index (χ0) is 16.0. The van der Waals surface area contributed by atoms with Crippen LogP contribution >= 0.6 is 11.6 Å². The van der Waals surface area contributed by atoms with Crippen LogP contribution in [0.25, 0.3) is 0 Å². The zero-order valence-corrected chi connectivity index (χ0v) is 12.7. The van der Waals surface area contributed by atoms with Gasteiger partial charge in [-0.2, -0.15) is 0 Å². The van der Waals surface area contributed by atoms with Crippen LogP contribution < -0.4 is 4.72 Å². The fourth-order valence-electron chi connectivity index (χ4n) is 1.44. The Morgan fingerprint density at radius 2 is 2.05 bits per heavy atom. The third kappa shape index (κ3) is 5.00. The smallest absolute Gasteiger partial charge is 0.335 e. The second-order valence-corrected chi connectivity index (χ2v) is 6.05. The van der Waals surface area contributed by atoms with E-state index >= 15 is 0 Å². The number of ether oxygens (including phenoxy) is 1. The summed E-state index contributed by atoms with van der Waals surface area (Å²) in [5.74, 6) is -1.81. The van der Waals surface area contributed by atoms with Crippen molar-refractivity contribution in [2.45, 2.75) is 18.2 Å². The molecule has 0 saturated carbocycles. The highest BCUT2D eigenvalue weighted by Gasteiger charge is 2.20. The van der Waals surface area contributed by atoms with Crippen molar-refractivity contribution in [3.63, 3.8) is 0 Å². The topological polar surface area (TPSA) is 110 Å². The van der Waals surface area contributed by atoms with E-state index in [1.165, 1.54) is 12.1 Å². The molecule has 0 aliphatic rings. The van der Waals surface area contributed by atoms with Crippen molar-refractivity contribution < 1.29 is 27.9 Å². The third-order valence-electron chi connectivity index (χ3n) is 2.39. The molecule has 0 atom stereocenters. The number of esters is 1. The Balaban J connectivity index is 2.85. The molecular weight excluding hydrogens is 322 g/mol. The Morgan fingerprint density at radius 3 is 2.62 bits per heavy atom. The van der Waals surface area contributed by atoms with Gasteiger partial charge in [0.1, 0.15) is 4.90 Å². The van der Waals surface area contributed by atoms with Gasteiger partial charge < -0.3 is 9.84 Å². The van der Waals surface area contributed by atoms with Gasteiger partial charge in [0.25, 0.3) is 0 Å². The van der Waals surface area contributed by atoms with Crippen LogP contribution in [0.3, 0.4) is 0 Å². The van der Waals surface area contributed by atoms with Crippen LogP contribution in [-0.2, 0) is 19.6 Å². The van der Waals surface area contributed by atoms with Crippen molar-refractivity contribution in [1.82, 2.24) is 4.72 Å². The molecule has 0 heterocycles. The molecule has 0 radical (unpaired) electrons. The number of carboxylic acid groups (broad SMARTS) is 1. The summed E-state index contributed by atoms with van der Waals surface area (Å²) in [6, 6.07) is 3.34. The summed E-state index contributed by atoms with van der Waals surface area (Å²) in [6.45, 7) is 1.67. The first kappa shape index (κ1) is 17.4. The number of sulfonamides is 1. The second-order valence-electron chi connectivity index (χ2n) is 3.90. The first-order chi connectivity index (χ1) is 9.77.